The lowest BCUT2D eigenvalue weighted by atomic mass is 10.0. The smallest absolute Gasteiger partial charge is 0.0443 e. The second-order valence-electron chi connectivity index (χ2n) is 6.32. The normalized spacial score (nSPS) is 17.6. The first-order chi connectivity index (χ1) is 10.8. The zero-order valence-electron chi connectivity index (χ0n) is 13.4. The van der Waals surface area contributed by atoms with E-state index in [1.165, 1.54) is 40.9 Å². The molecule has 0 unspecified atom stereocenters. The minimum Gasteiger partial charge on any atom is -0.396 e. The molecule has 0 bridgehead atoms. The molecule has 2 heterocycles. The van der Waals surface area contributed by atoms with Crippen LogP contribution in [0.15, 0.2) is 30.3 Å². The summed E-state index contributed by atoms with van der Waals surface area (Å²) in [6.07, 6.45) is 3.37. The van der Waals surface area contributed by atoms with Crippen molar-refractivity contribution in [1.29, 1.82) is 0 Å². The van der Waals surface area contributed by atoms with E-state index >= 15 is 0 Å². The Morgan fingerprint density at radius 2 is 2.05 bits per heavy atom. The Hall–Kier alpha value is -0.940. The number of hydrogen-bond acceptors (Lipinski definition) is 4. The van der Waals surface area contributed by atoms with Gasteiger partial charge in [0.05, 0.1) is 0 Å². The third-order valence-electron chi connectivity index (χ3n) is 4.71. The van der Waals surface area contributed by atoms with Crippen molar-refractivity contribution in [2.75, 3.05) is 33.3 Å². The summed E-state index contributed by atoms with van der Waals surface area (Å²) in [5.41, 5.74) is 0. The molecule has 1 aliphatic heterocycles. The number of hydrogen-bond donors (Lipinski definition) is 1. The Kier molecular flexibility index (Phi) is 5.47. The zero-order chi connectivity index (χ0) is 15.4. The average molecular weight is 318 g/mol. The van der Waals surface area contributed by atoms with Crippen LogP contribution in [-0.4, -0.2) is 54.2 Å². The first-order valence-electron chi connectivity index (χ1n) is 8.27. The summed E-state index contributed by atoms with van der Waals surface area (Å²) in [4.78, 5) is 6.49. The van der Waals surface area contributed by atoms with Gasteiger partial charge in [-0.15, -0.1) is 11.3 Å². The molecule has 0 spiro atoms. The van der Waals surface area contributed by atoms with Crippen molar-refractivity contribution in [1.82, 2.24) is 9.80 Å². The summed E-state index contributed by atoms with van der Waals surface area (Å²) in [5, 5.41) is 10.3. The summed E-state index contributed by atoms with van der Waals surface area (Å²) in [7, 11) is 2.20. The van der Waals surface area contributed by atoms with Crippen LogP contribution in [-0.2, 0) is 6.54 Å². The molecule has 0 aliphatic carbocycles. The first-order valence-corrected chi connectivity index (χ1v) is 9.09. The van der Waals surface area contributed by atoms with Crippen molar-refractivity contribution in [2.45, 2.75) is 31.8 Å². The maximum atomic E-state index is 8.95. The highest BCUT2D eigenvalue weighted by Gasteiger charge is 2.22. The Labute approximate surface area is 137 Å². The minimum absolute atomic E-state index is 0.301. The van der Waals surface area contributed by atoms with E-state index in [1.807, 2.05) is 11.3 Å². The molecule has 120 valence electrons. The van der Waals surface area contributed by atoms with Crippen molar-refractivity contribution in [3.63, 3.8) is 0 Å². The van der Waals surface area contributed by atoms with Crippen molar-refractivity contribution in [3.8, 4) is 0 Å². The second kappa shape index (κ2) is 7.55. The molecule has 1 aromatic heterocycles. The monoisotopic (exact) mass is 318 g/mol. The van der Waals surface area contributed by atoms with E-state index in [4.69, 9.17) is 5.11 Å². The van der Waals surface area contributed by atoms with Gasteiger partial charge in [0.25, 0.3) is 0 Å². The molecule has 1 fully saturated rings. The van der Waals surface area contributed by atoms with Crippen molar-refractivity contribution >= 4 is 21.4 Å². The third kappa shape index (κ3) is 3.87. The summed E-state index contributed by atoms with van der Waals surface area (Å²) >= 11 is 1.93. The van der Waals surface area contributed by atoms with Gasteiger partial charge in [-0.05, 0) is 43.8 Å². The van der Waals surface area contributed by atoms with E-state index in [1.54, 1.807) is 0 Å². The molecule has 4 heteroatoms. The van der Waals surface area contributed by atoms with Gasteiger partial charge < -0.3 is 10.0 Å². The van der Waals surface area contributed by atoms with Crippen LogP contribution in [0.5, 0.6) is 0 Å². The van der Waals surface area contributed by atoms with Gasteiger partial charge in [-0.3, -0.25) is 4.90 Å². The highest BCUT2D eigenvalue weighted by atomic mass is 32.1. The standard InChI is InChI=1S/C18H26N2OS/c1-19(9-4-12-21)16-7-10-20(11-8-16)14-17-13-15-5-2-3-6-18(15)22-17/h2-3,5-6,13,16,21H,4,7-12,14H2,1H3. The van der Waals surface area contributed by atoms with Crippen LogP contribution >= 0.6 is 11.3 Å². The number of piperidine rings is 1. The largest absolute Gasteiger partial charge is 0.396 e. The van der Waals surface area contributed by atoms with Crippen LogP contribution in [0, 0.1) is 0 Å². The van der Waals surface area contributed by atoms with Crippen LogP contribution < -0.4 is 0 Å². The maximum absolute atomic E-state index is 8.95. The van der Waals surface area contributed by atoms with Crippen LogP contribution in [0.4, 0.5) is 0 Å². The molecule has 0 atom stereocenters. The van der Waals surface area contributed by atoms with Gasteiger partial charge in [0.2, 0.25) is 0 Å². The maximum Gasteiger partial charge on any atom is 0.0443 e. The van der Waals surface area contributed by atoms with E-state index < -0.39 is 0 Å². The van der Waals surface area contributed by atoms with Crippen molar-refractivity contribution < 1.29 is 5.11 Å². The lowest BCUT2D eigenvalue weighted by Gasteiger charge is -2.36. The lowest BCUT2D eigenvalue weighted by Crippen LogP contribution is -2.43. The summed E-state index contributed by atoms with van der Waals surface area (Å²) in [5.74, 6) is 0. The molecule has 22 heavy (non-hydrogen) atoms. The molecule has 1 aliphatic rings. The molecule has 1 saturated heterocycles. The van der Waals surface area contributed by atoms with E-state index in [2.05, 4.69) is 47.2 Å². The highest BCUT2D eigenvalue weighted by molar-refractivity contribution is 7.19. The molecular formula is C18H26N2OS. The molecule has 0 saturated carbocycles. The fraction of sp³-hybridized carbons (Fsp3) is 0.556. The number of benzene rings is 1. The molecule has 3 nitrogen and oxygen atoms in total. The lowest BCUT2D eigenvalue weighted by molar-refractivity contribution is 0.118. The molecule has 3 rings (SSSR count). The molecule has 0 amide bonds. The number of aliphatic hydroxyl groups is 1. The van der Waals surface area contributed by atoms with E-state index in [0.29, 0.717) is 12.6 Å². The van der Waals surface area contributed by atoms with Gasteiger partial charge in [-0.2, -0.15) is 0 Å². The van der Waals surface area contributed by atoms with E-state index in [9.17, 15) is 0 Å². The Morgan fingerprint density at radius 3 is 2.77 bits per heavy atom. The highest BCUT2D eigenvalue weighted by Crippen LogP contribution is 2.27. The van der Waals surface area contributed by atoms with Gasteiger partial charge in [0, 0.05) is 48.4 Å². The predicted molar refractivity (Wildman–Crippen MR) is 94.5 cm³/mol. The topological polar surface area (TPSA) is 26.7 Å². The first kappa shape index (κ1) is 15.9. The molecule has 0 radical (unpaired) electrons. The van der Waals surface area contributed by atoms with Crippen molar-refractivity contribution in [3.05, 3.63) is 35.2 Å². The van der Waals surface area contributed by atoms with E-state index in [-0.39, 0.29) is 0 Å². The summed E-state index contributed by atoms with van der Waals surface area (Å²) in [6.45, 7) is 4.77. The second-order valence-corrected chi connectivity index (χ2v) is 7.48. The number of aliphatic hydroxyl groups excluding tert-OH is 1. The van der Waals surface area contributed by atoms with Gasteiger partial charge in [-0.25, -0.2) is 0 Å². The summed E-state index contributed by atoms with van der Waals surface area (Å²) in [6, 6.07) is 11.7. The van der Waals surface area contributed by atoms with Gasteiger partial charge in [0.15, 0.2) is 0 Å². The van der Waals surface area contributed by atoms with Gasteiger partial charge in [0.1, 0.15) is 0 Å². The Balaban J connectivity index is 1.51. The van der Waals surface area contributed by atoms with Gasteiger partial charge >= 0.3 is 0 Å². The fourth-order valence-corrected chi connectivity index (χ4v) is 4.46. The van der Waals surface area contributed by atoms with Gasteiger partial charge in [-0.1, -0.05) is 18.2 Å². The minimum atomic E-state index is 0.301. The Morgan fingerprint density at radius 1 is 1.27 bits per heavy atom. The number of rotatable bonds is 6. The molecular weight excluding hydrogens is 292 g/mol. The van der Waals surface area contributed by atoms with Crippen LogP contribution in [0.25, 0.3) is 10.1 Å². The molecule has 2 aromatic rings. The number of likely N-dealkylation sites (tertiary alicyclic amines) is 1. The van der Waals surface area contributed by atoms with Crippen LogP contribution in [0.2, 0.25) is 0 Å². The number of thiophene rings is 1. The number of nitrogens with zero attached hydrogens (tertiary/aromatic N) is 2. The van der Waals surface area contributed by atoms with Crippen molar-refractivity contribution in [2.24, 2.45) is 0 Å². The SMILES string of the molecule is CN(CCCO)C1CCN(Cc2cc3ccccc3s2)CC1. The van der Waals surface area contributed by atoms with E-state index in [0.717, 1.165) is 19.5 Å². The van der Waals surface area contributed by atoms with Crippen LogP contribution in [0.1, 0.15) is 24.1 Å². The number of fused-ring (bicyclic) bond motifs is 1. The predicted octanol–water partition coefficient (Wildman–Crippen LogP) is 3.18. The fourth-order valence-electron chi connectivity index (χ4n) is 3.36. The van der Waals surface area contributed by atoms with Crippen LogP contribution in [0.3, 0.4) is 0 Å². The molecule has 1 aromatic carbocycles. The quantitative estimate of drug-likeness (QED) is 0.886. The average Bonchev–Trinajstić information content (AvgIpc) is 2.95. The Bertz CT molecular complexity index is 557. The zero-order valence-corrected chi connectivity index (χ0v) is 14.2. The third-order valence-corrected chi connectivity index (χ3v) is 5.81. The summed E-state index contributed by atoms with van der Waals surface area (Å²) < 4.78 is 1.40. The molecule has 1 N–H and O–H groups in total.